The molecular weight excluding hydrogens is 368 g/mol. The largest absolute Gasteiger partial charge is 0.381 e. The zero-order chi connectivity index (χ0) is 19.5. The van der Waals surface area contributed by atoms with E-state index in [1.54, 1.807) is 11.8 Å². The number of benzene rings is 3. The van der Waals surface area contributed by atoms with Crippen molar-refractivity contribution < 1.29 is 4.79 Å². The molecule has 0 aromatic heterocycles. The molecule has 3 nitrogen and oxygen atoms in total. The molecule has 1 heterocycles. The molecule has 1 aliphatic heterocycles. The number of amides is 1. The average Bonchev–Trinajstić information content (AvgIpc) is 2.69. The number of carbonyl (C=O) groups excluding carboxylic acids is 1. The van der Waals surface area contributed by atoms with Crippen LogP contribution in [0, 0.1) is 0 Å². The van der Waals surface area contributed by atoms with E-state index in [0.717, 1.165) is 34.6 Å². The van der Waals surface area contributed by atoms with E-state index in [-0.39, 0.29) is 5.91 Å². The van der Waals surface area contributed by atoms with Crippen LogP contribution in [0.2, 0.25) is 5.02 Å². The van der Waals surface area contributed by atoms with Gasteiger partial charge < -0.3 is 10.2 Å². The van der Waals surface area contributed by atoms with E-state index in [1.807, 2.05) is 42.5 Å². The lowest BCUT2D eigenvalue weighted by atomic mass is 10.00. The van der Waals surface area contributed by atoms with Gasteiger partial charge in [-0.1, -0.05) is 60.2 Å². The fourth-order valence-electron chi connectivity index (χ4n) is 3.44. The van der Waals surface area contributed by atoms with Crippen LogP contribution in [-0.4, -0.2) is 5.91 Å². The van der Waals surface area contributed by atoms with Gasteiger partial charge >= 0.3 is 0 Å². The molecule has 1 amide bonds. The third-order valence-corrected chi connectivity index (χ3v) is 5.15. The predicted molar refractivity (Wildman–Crippen MR) is 117 cm³/mol. The summed E-state index contributed by atoms with van der Waals surface area (Å²) >= 11 is 6.16. The Morgan fingerprint density at radius 1 is 1.00 bits per heavy atom. The molecule has 4 heteroatoms. The van der Waals surface area contributed by atoms with Crippen LogP contribution in [0.25, 0.3) is 12.2 Å². The molecule has 28 heavy (non-hydrogen) atoms. The lowest BCUT2D eigenvalue weighted by molar-refractivity contribution is -0.116. The Hall–Kier alpha value is -3.04. The molecule has 0 aliphatic carbocycles. The summed E-state index contributed by atoms with van der Waals surface area (Å²) in [5, 5.41) is 4.13. The van der Waals surface area contributed by atoms with Gasteiger partial charge in [0.1, 0.15) is 0 Å². The van der Waals surface area contributed by atoms with Crippen molar-refractivity contribution in [1.29, 1.82) is 0 Å². The SMILES string of the molecule is CC(=O)N1Cc2cc(NCc3ccccc3)ccc2/C=C\c2cc(Cl)ccc21. The van der Waals surface area contributed by atoms with Gasteiger partial charge in [-0.15, -0.1) is 0 Å². The van der Waals surface area contributed by atoms with Crippen LogP contribution in [0.5, 0.6) is 0 Å². The first-order chi connectivity index (χ1) is 13.6. The van der Waals surface area contributed by atoms with Crippen molar-refractivity contribution in [1.82, 2.24) is 0 Å². The molecule has 140 valence electrons. The Balaban J connectivity index is 1.66. The number of fused-ring (bicyclic) bond motifs is 2. The minimum absolute atomic E-state index is 0.00692. The summed E-state index contributed by atoms with van der Waals surface area (Å²) in [6, 6.07) is 22.2. The molecule has 0 atom stereocenters. The fraction of sp³-hybridized carbons (Fsp3) is 0.125. The monoisotopic (exact) mass is 388 g/mol. The molecule has 3 aromatic rings. The quantitative estimate of drug-likeness (QED) is 0.597. The highest BCUT2D eigenvalue weighted by Gasteiger charge is 2.19. The van der Waals surface area contributed by atoms with E-state index in [0.29, 0.717) is 11.6 Å². The van der Waals surface area contributed by atoms with Crippen molar-refractivity contribution in [3.8, 4) is 0 Å². The number of nitrogens with one attached hydrogen (secondary N) is 1. The zero-order valence-electron chi connectivity index (χ0n) is 15.7. The highest BCUT2D eigenvalue weighted by atomic mass is 35.5. The van der Waals surface area contributed by atoms with Gasteiger partial charge in [0, 0.05) is 24.2 Å². The molecule has 3 aromatic carbocycles. The Morgan fingerprint density at radius 3 is 2.57 bits per heavy atom. The van der Waals surface area contributed by atoms with Gasteiger partial charge in [0.25, 0.3) is 0 Å². The second-order valence-corrected chi connectivity index (χ2v) is 7.33. The first-order valence-corrected chi connectivity index (χ1v) is 9.64. The molecule has 0 saturated heterocycles. The summed E-state index contributed by atoms with van der Waals surface area (Å²) in [6.45, 7) is 2.87. The summed E-state index contributed by atoms with van der Waals surface area (Å²) in [5.74, 6) is 0.00692. The maximum Gasteiger partial charge on any atom is 0.224 e. The van der Waals surface area contributed by atoms with Gasteiger partial charge in [0.15, 0.2) is 0 Å². The van der Waals surface area contributed by atoms with E-state index < -0.39 is 0 Å². The Bertz CT molecular complexity index is 1040. The van der Waals surface area contributed by atoms with Gasteiger partial charge in [-0.05, 0) is 52.6 Å². The number of halogens is 1. The minimum atomic E-state index is 0.00692. The van der Waals surface area contributed by atoms with Gasteiger partial charge in [0.05, 0.1) is 12.2 Å². The summed E-state index contributed by atoms with van der Waals surface area (Å²) in [6.07, 6.45) is 4.11. The van der Waals surface area contributed by atoms with Gasteiger partial charge in [0.2, 0.25) is 5.91 Å². The molecule has 1 N–H and O–H groups in total. The minimum Gasteiger partial charge on any atom is -0.381 e. The summed E-state index contributed by atoms with van der Waals surface area (Å²) in [4.78, 5) is 14.2. The van der Waals surface area contributed by atoms with E-state index in [4.69, 9.17) is 11.6 Å². The van der Waals surface area contributed by atoms with Crippen LogP contribution in [0.3, 0.4) is 0 Å². The molecule has 0 unspecified atom stereocenters. The molecule has 0 saturated carbocycles. The van der Waals surface area contributed by atoms with Crippen LogP contribution in [0.15, 0.2) is 66.7 Å². The maximum atomic E-state index is 12.4. The summed E-state index contributed by atoms with van der Waals surface area (Å²) < 4.78 is 0. The normalized spacial score (nSPS) is 13.7. The third-order valence-electron chi connectivity index (χ3n) is 4.91. The molecule has 0 radical (unpaired) electrons. The zero-order valence-corrected chi connectivity index (χ0v) is 16.4. The van der Waals surface area contributed by atoms with E-state index in [2.05, 4.69) is 41.7 Å². The molecule has 1 aliphatic rings. The second kappa shape index (κ2) is 7.91. The van der Waals surface area contributed by atoms with Crippen molar-refractivity contribution in [3.05, 3.63) is 94.0 Å². The van der Waals surface area contributed by atoms with Crippen LogP contribution in [0.4, 0.5) is 11.4 Å². The van der Waals surface area contributed by atoms with Gasteiger partial charge in [-0.3, -0.25) is 4.79 Å². The lowest BCUT2D eigenvalue weighted by Crippen LogP contribution is -2.29. The van der Waals surface area contributed by atoms with Crippen LogP contribution >= 0.6 is 11.6 Å². The van der Waals surface area contributed by atoms with Crippen LogP contribution in [0.1, 0.15) is 29.2 Å². The topological polar surface area (TPSA) is 32.3 Å². The first-order valence-electron chi connectivity index (χ1n) is 9.26. The standard InChI is InChI=1S/C24H21ClN2O/c1-17(28)27-16-21-14-23(26-15-18-5-3-2-4-6-18)11-9-19(21)7-8-20-13-22(25)10-12-24(20)27/h2-14,26H,15-16H2,1H3/b8-7-. The van der Waals surface area contributed by atoms with Crippen molar-refractivity contribution in [2.75, 3.05) is 10.2 Å². The lowest BCUT2D eigenvalue weighted by Gasteiger charge is -2.26. The van der Waals surface area contributed by atoms with E-state index in [1.165, 1.54) is 5.56 Å². The first kappa shape index (κ1) is 18.3. The van der Waals surface area contributed by atoms with Crippen LogP contribution in [-0.2, 0) is 17.9 Å². The number of nitrogens with zero attached hydrogens (tertiary/aromatic N) is 1. The summed E-state index contributed by atoms with van der Waals surface area (Å²) in [5.41, 5.74) is 6.29. The smallest absolute Gasteiger partial charge is 0.224 e. The number of anilines is 2. The molecule has 4 rings (SSSR count). The Morgan fingerprint density at radius 2 is 1.79 bits per heavy atom. The fourth-order valence-corrected chi connectivity index (χ4v) is 3.62. The van der Waals surface area contributed by atoms with E-state index in [9.17, 15) is 4.79 Å². The third kappa shape index (κ3) is 3.95. The number of carbonyl (C=O) groups is 1. The maximum absolute atomic E-state index is 12.4. The molecule has 0 bridgehead atoms. The Labute approximate surface area is 170 Å². The Kier molecular flexibility index (Phi) is 5.18. The highest BCUT2D eigenvalue weighted by molar-refractivity contribution is 6.30. The number of hydrogen-bond donors (Lipinski definition) is 1. The average molecular weight is 389 g/mol. The van der Waals surface area contributed by atoms with Crippen molar-refractivity contribution in [3.63, 3.8) is 0 Å². The second-order valence-electron chi connectivity index (χ2n) is 6.89. The van der Waals surface area contributed by atoms with Crippen molar-refractivity contribution >= 4 is 41.0 Å². The molecule has 0 spiro atoms. The van der Waals surface area contributed by atoms with Crippen molar-refractivity contribution in [2.45, 2.75) is 20.0 Å². The van der Waals surface area contributed by atoms with Crippen molar-refractivity contribution in [2.24, 2.45) is 0 Å². The number of rotatable bonds is 3. The van der Waals surface area contributed by atoms with E-state index >= 15 is 0 Å². The molecule has 0 fully saturated rings. The predicted octanol–water partition coefficient (Wildman–Crippen LogP) is 5.99. The highest BCUT2D eigenvalue weighted by Crippen LogP contribution is 2.32. The number of hydrogen-bond acceptors (Lipinski definition) is 2. The van der Waals surface area contributed by atoms with Crippen LogP contribution < -0.4 is 10.2 Å². The van der Waals surface area contributed by atoms with Gasteiger partial charge in [-0.25, -0.2) is 0 Å². The molecular formula is C24H21ClN2O. The van der Waals surface area contributed by atoms with Gasteiger partial charge in [-0.2, -0.15) is 0 Å². The summed E-state index contributed by atoms with van der Waals surface area (Å²) in [7, 11) is 0.